The zero-order valence-electron chi connectivity index (χ0n) is 15.2. The smallest absolute Gasteiger partial charge is 0.341 e. The highest BCUT2D eigenvalue weighted by Gasteiger charge is 2.12. The van der Waals surface area contributed by atoms with Gasteiger partial charge in [0.15, 0.2) is 6.61 Å². The highest BCUT2D eigenvalue weighted by molar-refractivity contribution is 5.94. The molecule has 0 spiro atoms. The predicted octanol–water partition coefficient (Wildman–Crippen LogP) is 2.84. The van der Waals surface area contributed by atoms with E-state index in [-0.39, 0.29) is 5.91 Å². The number of carbonyl (C=O) groups is 2. The Hall–Kier alpha value is -2.86. The molecule has 6 nitrogen and oxygen atoms in total. The van der Waals surface area contributed by atoms with Crippen molar-refractivity contribution in [3.63, 3.8) is 0 Å². The summed E-state index contributed by atoms with van der Waals surface area (Å²) in [6.07, 6.45) is 0. The minimum atomic E-state index is -1.04. The van der Waals surface area contributed by atoms with Gasteiger partial charge in [0.25, 0.3) is 5.91 Å². The lowest BCUT2D eigenvalue weighted by Gasteiger charge is -2.13. The number of aliphatic carboxylic acids is 1. The number of methoxy groups -OCH3 is 1. The first-order chi connectivity index (χ1) is 12.4. The van der Waals surface area contributed by atoms with E-state index in [9.17, 15) is 9.59 Å². The van der Waals surface area contributed by atoms with Crippen LogP contribution in [0.25, 0.3) is 0 Å². The molecule has 26 heavy (non-hydrogen) atoms. The van der Waals surface area contributed by atoms with E-state index < -0.39 is 12.6 Å². The fourth-order valence-electron chi connectivity index (χ4n) is 2.65. The number of benzene rings is 2. The van der Waals surface area contributed by atoms with Crippen LogP contribution in [0.3, 0.4) is 0 Å². The first-order valence-corrected chi connectivity index (χ1v) is 8.21. The maximum atomic E-state index is 12.4. The number of amides is 1. The van der Waals surface area contributed by atoms with Gasteiger partial charge in [-0.05, 0) is 48.2 Å². The molecule has 0 saturated heterocycles. The molecule has 138 valence electrons. The van der Waals surface area contributed by atoms with E-state index in [0.717, 1.165) is 22.3 Å². The Balaban J connectivity index is 2.01. The molecule has 0 heterocycles. The van der Waals surface area contributed by atoms with E-state index in [0.29, 0.717) is 24.5 Å². The van der Waals surface area contributed by atoms with Crippen LogP contribution in [0.1, 0.15) is 32.6 Å². The van der Waals surface area contributed by atoms with Crippen molar-refractivity contribution in [2.75, 3.05) is 13.7 Å². The molecule has 0 atom stereocenters. The van der Waals surface area contributed by atoms with E-state index in [4.69, 9.17) is 14.6 Å². The van der Waals surface area contributed by atoms with Crippen LogP contribution >= 0.6 is 0 Å². The minimum absolute atomic E-state index is 0.193. The summed E-state index contributed by atoms with van der Waals surface area (Å²) in [6.45, 7) is 4.14. The van der Waals surface area contributed by atoms with E-state index in [1.165, 1.54) is 0 Å². The highest BCUT2D eigenvalue weighted by atomic mass is 16.5. The van der Waals surface area contributed by atoms with Gasteiger partial charge in [0, 0.05) is 19.2 Å². The molecule has 0 fully saturated rings. The highest BCUT2D eigenvalue weighted by Crippen LogP contribution is 2.25. The van der Waals surface area contributed by atoms with Gasteiger partial charge in [-0.3, -0.25) is 4.79 Å². The molecule has 0 saturated carbocycles. The molecule has 0 bridgehead atoms. The number of nitrogens with one attached hydrogen (secondary N) is 1. The topological polar surface area (TPSA) is 84.9 Å². The SMILES string of the molecule is COCc1ccc(CNC(=O)c2cc(C)c(OCC(=O)O)c(C)c2)cc1. The van der Waals surface area contributed by atoms with Crippen LogP contribution in [0.2, 0.25) is 0 Å². The maximum absolute atomic E-state index is 12.4. The Morgan fingerprint density at radius 2 is 1.62 bits per heavy atom. The molecule has 2 rings (SSSR count). The number of rotatable bonds is 8. The maximum Gasteiger partial charge on any atom is 0.341 e. The second-order valence-corrected chi connectivity index (χ2v) is 6.05. The molecule has 6 heteroatoms. The van der Waals surface area contributed by atoms with Crippen LogP contribution in [-0.2, 0) is 22.7 Å². The van der Waals surface area contributed by atoms with E-state index in [2.05, 4.69) is 5.32 Å². The Bertz CT molecular complexity index is 760. The van der Waals surface area contributed by atoms with Crippen LogP contribution in [0.5, 0.6) is 5.75 Å². The van der Waals surface area contributed by atoms with Gasteiger partial charge in [-0.1, -0.05) is 24.3 Å². The number of hydrogen-bond acceptors (Lipinski definition) is 4. The van der Waals surface area contributed by atoms with Crippen molar-refractivity contribution in [3.8, 4) is 5.75 Å². The molecule has 0 aliphatic carbocycles. The second kappa shape index (κ2) is 9.01. The largest absolute Gasteiger partial charge is 0.481 e. The Morgan fingerprint density at radius 1 is 1.04 bits per heavy atom. The molecule has 0 aliphatic heterocycles. The summed E-state index contributed by atoms with van der Waals surface area (Å²) in [4.78, 5) is 23.1. The quantitative estimate of drug-likeness (QED) is 0.759. The van der Waals surface area contributed by atoms with Crippen molar-refractivity contribution >= 4 is 11.9 Å². The molecular weight excluding hydrogens is 334 g/mol. The summed E-state index contributed by atoms with van der Waals surface area (Å²) in [5.74, 6) is -0.734. The first kappa shape index (κ1) is 19.5. The minimum Gasteiger partial charge on any atom is -0.481 e. The molecule has 0 aromatic heterocycles. The fraction of sp³-hybridized carbons (Fsp3) is 0.300. The summed E-state index contributed by atoms with van der Waals surface area (Å²) >= 11 is 0. The van der Waals surface area contributed by atoms with Crippen LogP contribution in [0.15, 0.2) is 36.4 Å². The zero-order valence-corrected chi connectivity index (χ0v) is 15.2. The molecule has 1 amide bonds. The van der Waals surface area contributed by atoms with Crippen LogP contribution in [0.4, 0.5) is 0 Å². The molecule has 2 N–H and O–H groups in total. The van der Waals surface area contributed by atoms with E-state index >= 15 is 0 Å². The normalized spacial score (nSPS) is 10.4. The third-order valence-corrected chi connectivity index (χ3v) is 3.85. The molecule has 2 aromatic carbocycles. The van der Waals surface area contributed by atoms with Gasteiger partial charge in [-0.2, -0.15) is 0 Å². The fourth-order valence-corrected chi connectivity index (χ4v) is 2.65. The van der Waals surface area contributed by atoms with Crippen LogP contribution in [0, 0.1) is 13.8 Å². The molecular formula is C20H23NO5. The van der Waals surface area contributed by atoms with Crippen molar-refractivity contribution < 1.29 is 24.2 Å². The number of hydrogen-bond donors (Lipinski definition) is 2. The Labute approximate surface area is 152 Å². The number of carboxylic acids is 1. The predicted molar refractivity (Wildman–Crippen MR) is 97.4 cm³/mol. The number of carbonyl (C=O) groups excluding carboxylic acids is 1. The lowest BCUT2D eigenvalue weighted by atomic mass is 10.0. The summed E-state index contributed by atoms with van der Waals surface area (Å²) in [5, 5.41) is 11.6. The van der Waals surface area contributed by atoms with Crippen molar-refractivity contribution in [2.45, 2.75) is 27.0 Å². The zero-order chi connectivity index (χ0) is 19.1. The Morgan fingerprint density at radius 3 is 2.15 bits per heavy atom. The third kappa shape index (κ3) is 5.32. The van der Waals surface area contributed by atoms with Gasteiger partial charge in [0.1, 0.15) is 5.75 Å². The lowest BCUT2D eigenvalue weighted by molar-refractivity contribution is -0.139. The summed E-state index contributed by atoms with van der Waals surface area (Å²) < 4.78 is 10.4. The van der Waals surface area contributed by atoms with Crippen LogP contribution in [-0.4, -0.2) is 30.7 Å². The van der Waals surface area contributed by atoms with Gasteiger partial charge >= 0.3 is 5.97 Å². The third-order valence-electron chi connectivity index (χ3n) is 3.85. The lowest BCUT2D eigenvalue weighted by Crippen LogP contribution is -2.23. The summed E-state index contributed by atoms with van der Waals surface area (Å²) in [6, 6.07) is 11.2. The first-order valence-electron chi connectivity index (χ1n) is 8.21. The number of ether oxygens (including phenoxy) is 2. The second-order valence-electron chi connectivity index (χ2n) is 6.05. The number of carboxylic acid groups (broad SMARTS) is 1. The van der Waals surface area contributed by atoms with Crippen molar-refractivity contribution in [1.82, 2.24) is 5.32 Å². The van der Waals surface area contributed by atoms with Crippen molar-refractivity contribution in [1.29, 1.82) is 0 Å². The molecule has 0 radical (unpaired) electrons. The monoisotopic (exact) mass is 357 g/mol. The van der Waals surface area contributed by atoms with E-state index in [1.807, 2.05) is 24.3 Å². The molecule has 0 aliphatic rings. The van der Waals surface area contributed by atoms with Crippen molar-refractivity contribution in [3.05, 3.63) is 64.2 Å². The van der Waals surface area contributed by atoms with Gasteiger partial charge in [-0.25, -0.2) is 4.79 Å². The average Bonchev–Trinajstić information content (AvgIpc) is 2.60. The summed E-state index contributed by atoms with van der Waals surface area (Å²) in [5.41, 5.74) is 4.03. The van der Waals surface area contributed by atoms with Crippen molar-refractivity contribution in [2.24, 2.45) is 0 Å². The summed E-state index contributed by atoms with van der Waals surface area (Å²) in [7, 11) is 1.65. The molecule has 0 unspecified atom stereocenters. The van der Waals surface area contributed by atoms with Gasteiger partial charge in [0.2, 0.25) is 0 Å². The Kier molecular flexibility index (Phi) is 6.74. The average molecular weight is 357 g/mol. The van der Waals surface area contributed by atoms with Gasteiger partial charge in [0.05, 0.1) is 6.61 Å². The standard InChI is InChI=1S/C20H23NO5/c1-13-8-17(9-14(2)19(13)26-12-18(22)23)20(24)21-10-15-4-6-16(7-5-15)11-25-3/h4-9H,10-12H2,1-3H3,(H,21,24)(H,22,23). The van der Waals surface area contributed by atoms with Gasteiger partial charge in [-0.15, -0.1) is 0 Å². The van der Waals surface area contributed by atoms with Gasteiger partial charge < -0.3 is 19.9 Å². The van der Waals surface area contributed by atoms with Crippen LogP contribution < -0.4 is 10.1 Å². The molecule has 2 aromatic rings. The number of aryl methyl sites for hydroxylation is 2. The van der Waals surface area contributed by atoms with E-state index in [1.54, 1.807) is 33.1 Å².